The van der Waals surface area contributed by atoms with Crippen molar-refractivity contribution in [3.8, 4) is 0 Å². The summed E-state index contributed by atoms with van der Waals surface area (Å²) in [6.45, 7) is 5.18. The van der Waals surface area contributed by atoms with Crippen LogP contribution in [0.2, 0.25) is 0 Å². The third kappa shape index (κ3) is 2.94. The predicted octanol–water partition coefficient (Wildman–Crippen LogP) is 1.32. The predicted molar refractivity (Wildman–Crippen MR) is 68.3 cm³/mol. The number of nitrogens with one attached hydrogen (secondary N) is 1. The van der Waals surface area contributed by atoms with Gasteiger partial charge in [0.25, 0.3) is 5.91 Å². The number of hydrogen-bond acceptors (Lipinski definition) is 3. The Morgan fingerprint density at radius 3 is 2.89 bits per heavy atom. The average molecular weight is 244 g/mol. The fraction of sp³-hybridized carbons (Fsp3) is 0.308. The molecule has 94 valence electrons. The molecule has 2 rings (SSSR count). The summed E-state index contributed by atoms with van der Waals surface area (Å²) in [7, 11) is 0. The minimum atomic E-state index is -0.107. The van der Waals surface area contributed by atoms with Crippen LogP contribution in [0.25, 0.3) is 0 Å². The molecule has 0 aliphatic rings. The van der Waals surface area contributed by atoms with E-state index in [9.17, 15) is 4.79 Å². The normalized spacial score (nSPS) is 10.3. The van der Waals surface area contributed by atoms with E-state index in [0.29, 0.717) is 18.7 Å². The SMILES string of the molecule is Cc1cc(C)n(CCNC(=O)c2cccnc2)n1. The van der Waals surface area contributed by atoms with Gasteiger partial charge in [-0.1, -0.05) is 0 Å². The van der Waals surface area contributed by atoms with Gasteiger partial charge < -0.3 is 5.32 Å². The summed E-state index contributed by atoms with van der Waals surface area (Å²) in [6.07, 6.45) is 3.20. The molecule has 0 bridgehead atoms. The fourth-order valence-corrected chi connectivity index (χ4v) is 1.78. The van der Waals surface area contributed by atoms with Crippen LogP contribution in [0.15, 0.2) is 30.6 Å². The number of pyridine rings is 1. The Morgan fingerprint density at radius 2 is 2.28 bits per heavy atom. The Labute approximate surface area is 106 Å². The molecule has 2 aromatic heterocycles. The first-order chi connectivity index (χ1) is 8.66. The second kappa shape index (κ2) is 5.44. The number of carbonyl (C=O) groups is 1. The molecule has 18 heavy (non-hydrogen) atoms. The molecule has 1 amide bonds. The van der Waals surface area contributed by atoms with Gasteiger partial charge in [-0.2, -0.15) is 5.10 Å². The van der Waals surface area contributed by atoms with Gasteiger partial charge >= 0.3 is 0 Å². The summed E-state index contributed by atoms with van der Waals surface area (Å²) in [5.41, 5.74) is 2.67. The molecule has 0 unspecified atom stereocenters. The maximum atomic E-state index is 11.7. The zero-order chi connectivity index (χ0) is 13.0. The summed E-state index contributed by atoms with van der Waals surface area (Å²) in [4.78, 5) is 15.7. The van der Waals surface area contributed by atoms with Crippen molar-refractivity contribution in [3.05, 3.63) is 47.5 Å². The van der Waals surface area contributed by atoms with Gasteiger partial charge in [0.1, 0.15) is 0 Å². The van der Waals surface area contributed by atoms with E-state index in [1.807, 2.05) is 24.6 Å². The minimum absolute atomic E-state index is 0.107. The Balaban J connectivity index is 1.86. The van der Waals surface area contributed by atoms with Crippen molar-refractivity contribution in [2.45, 2.75) is 20.4 Å². The zero-order valence-corrected chi connectivity index (χ0v) is 10.6. The summed E-state index contributed by atoms with van der Waals surface area (Å²) >= 11 is 0. The van der Waals surface area contributed by atoms with Crippen LogP contribution >= 0.6 is 0 Å². The second-order valence-corrected chi connectivity index (χ2v) is 4.15. The van der Waals surface area contributed by atoms with E-state index in [0.717, 1.165) is 11.4 Å². The molecule has 0 atom stereocenters. The highest BCUT2D eigenvalue weighted by atomic mass is 16.1. The highest BCUT2D eigenvalue weighted by Gasteiger charge is 2.05. The maximum absolute atomic E-state index is 11.7. The molecule has 0 fully saturated rings. The number of carbonyl (C=O) groups excluding carboxylic acids is 1. The van der Waals surface area contributed by atoms with Gasteiger partial charge in [-0.05, 0) is 32.0 Å². The molecule has 0 aliphatic carbocycles. The van der Waals surface area contributed by atoms with Crippen molar-refractivity contribution in [2.75, 3.05) is 6.54 Å². The standard InChI is InChI=1S/C13H16N4O/c1-10-8-11(2)17(16-10)7-6-15-13(18)12-4-3-5-14-9-12/h3-5,8-9H,6-7H2,1-2H3,(H,15,18). The summed E-state index contributed by atoms with van der Waals surface area (Å²) < 4.78 is 1.89. The molecule has 0 saturated carbocycles. The Kier molecular flexibility index (Phi) is 3.72. The van der Waals surface area contributed by atoms with Crippen molar-refractivity contribution >= 4 is 5.91 Å². The molecule has 0 spiro atoms. The van der Waals surface area contributed by atoms with Gasteiger partial charge in [-0.3, -0.25) is 14.5 Å². The van der Waals surface area contributed by atoms with Crippen LogP contribution < -0.4 is 5.32 Å². The van der Waals surface area contributed by atoms with Crippen molar-refractivity contribution in [3.63, 3.8) is 0 Å². The third-order valence-corrected chi connectivity index (χ3v) is 2.64. The van der Waals surface area contributed by atoms with Gasteiger partial charge in [0.15, 0.2) is 0 Å². The molecular formula is C13H16N4O. The third-order valence-electron chi connectivity index (χ3n) is 2.64. The lowest BCUT2D eigenvalue weighted by molar-refractivity contribution is 0.0951. The van der Waals surface area contributed by atoms with E-state index >= 15 is 0 Å². The highest BCUT2D eigenvalue weighted by molar-refractivity contribution is 5.93. The van der Waals surface area contributed by atoms with Crippen molar-refractivity contribution in [1.29, 1.82) is 0 Å². The van der Waals surface area contributed by atoms with Crippen LogP contribution in [0.1, 0.15) is 21.7 Å². The quantitative estimate of drug-likeness (QED) is 0.882. The van der Waals surface area contributed by atoms with Crippen LogP contribution in [0.3, 0.4) is 0 Å². The number of amides is 1. The molecule has 5 nitrogen and oxygen atoms in total. The molecule has 0 radical (unpaired) electrons. The van der Waals surface area contributed by atoms with Gasteiger partial charge in [0.05, 0.1) is 17.8 Å². The average Bonchev–Trinajstić information content (AvgIpc) is 2.69. The van der Waals surface area contributed by atoms with Gasteiger partial charge in [-0.25, -0.2) is 0 Å². The van der Waals surface area contributed by atoms with E-state index in [1.165, 1.54) is 0 Å². The number of hydrogen-bond donors (Lipinski definition) is 1. The van der Waals surface area contributed by atoms with Crippen LogP contribution in [0.5, 0.6) is 0 Å². The minimum Gasteiger partial charge on any atom is -0.350 e. The van der Waals surface area contributed by atoms with Gasteiger partial charge in [0, 0.05) is 24.6 Å². The lowest BCUT2D eigenvalue weighted by atomic mass is 10.3. The van der Waals surface area contributed by atoms with Crippen molar-refractivity contribution in [2.24, 2.45) is 0 Å². The topological polar surface area (TPSA) is 59.8 Å². The Hall–Kier alpha value is -2.17. The summed E-state index contributed by atoms with van der Waals surface area (Å²) in [5.74, 6) is -0.107. The lowest BCUT2D eigenvalue weighted by Gasteiger charge is -2.06. The Morgan fingerprint density at radius 1 is 1.44 bits per heavy atom. The first-order valence-electron chi connectivity index (χ1n) is 5.86. The molecule has 0 saturated heterocycles. The van der Waals surface area contributed by atoms with Crippen molar-refractivity contribution in [1.82, 2.24) is 20.1 Å². The smallest absolute Gasteiger partial charge is 0.252 e. The molecule has 5 heteroatoms. The van der Waals surface area contributed by atoms with E-state index < -0.39 is 0 Å². The largest absolute Gasteiger partial charge is 0.350 e. The molecule has 2 heterocycles. The van der Waals surface area contributed by atoms with Crippen LogP contribution in [0, 0.1) is 13.8 Å². The van der Waals surface area contributed by atoms with Gasteiger partial charge in [-0.15, -0.1) is 0 Å². The first-order valence-corrected chi connectivity index (χ1v) is 5.86. The van der Waals surface area contributed by atoms with Crippen LogP contribution in [-0.4, -0.2) is 27.2 Å². The second-order valence-electron chi connectivity index (χ2n) is 4.15. The monoisotopic (exact) mass is 244 g/mol. The zero-order valence-electron chi connectivity index (χ0n) is 10.6. The molecule has 2 aromatic rings. The van der Waals surface area contributed by atoms with E-state index in [4.69, 9.17) is 0 Å². The van der Waals surface area contributed by atoms with Crippen molar-refractivity contribution < 1.29 is 4.79 Å². The molecular weight excluding hydrogens is 228 g/mol. The number of aryl methyl sites for hydroxylation is 2. The number of rotatable bonds is 4. The number of nitrogens with zero attached hydrogens (tertiary/aromatic N) is 3. The van der Waals surface area contributed by atoms with E-state index in [1.54, 1.807) is 24.5 Å². The summed E-state index contributed by atoms with van der Waals surface area (Å²) in [5, 5.41) is 7.18. The molecule has 0 aliphatic heterocycles. The Bertz CT molecular complexity index is 533. The lowest BCUT2D eigenvalue weighted by Crippen LogP contribution is -2.27. The molecule has 1 N–H and O–H groups in total. The van der Waals surface area contributed by atoms with E-state index in [-0.39, 0.29) is 5.91 Å². The van der Waals surface area contributed by atoms with Crippen LogP contribution in [-0.2, 0) is 6.54 Å². The van der Waals surface area contributed by atoms with Crippen LogP contribution in [0.4, 0.5) is 0 Å². The van der Waals surface area contributed by atoms with E-state index in [2.05, 4.69) is 15.4 Å². The summed E-state index contributed by atoms with van der Waals surface area (Å²) in [6, 6.07) is 5.50. The first kappa shape index (κ1) is 12.3. The fourth-order valence-electron chi connectivity index (χ4n) is 1.78. The highest BCUT2D eigenvalue weighted by Crippen LogP contribution is 2.01. The maximum Gasteiger partial charge on any atom is 0.252 e. The molecule has 0 aromatic carbocycles. The number of aromatic nitrogens is 3. The van der Waals surface area contributed by atoms with Gasteiger partial charge in [0.2, 0.25) is 0 Å².